The molecule has 184 valence electrons. The fourth-order valence-corrected chi connectivity index (χ4v) is 5.50. The maximum absolute atomic E-state index is 13.5. The smallest absolute Gasteiger partial charge is 0.200 e. The summed E-state index contributed by atoms with van der Waals surface area (Å²) in [5, 5.41) is 0.570. The van der Waals surface area contributed by atoms with E-state index in [4.69, 9.17) is 13.9 Å². The van der Waals surface area contributed by atoms with Gasteiger partial charge in [0, 0.05) is 24.7 Å². The molecule has 4 aromatic rings. The van der Waals surface area contributed by atoms with Gasteiger partial charge in [-0.2, -0.15) is 0 Å². The summed E-state index contributed by atoms with van der Waals surface area (Å²) in [6.07, 6.45) is 3.75. The average Bonchev–Trinajstić information content (AvgIpc) is 2.94. The van der Waals surface area contributed by atoms with Crippen LogP contribution in [-0.2, 0) is 13.1 Å². The highest BCUT2D eigenvalue weighted by molar-refractivity contribution is 5.86. The molecule has 6 nitrogen and oxygen atoms in total. The van der Waals surface area contributed by atoms with Crippen LogP contribution in [0.5, 0.6) is 11.5 Å². The van der Waals surface area contributed by atoms with E-state index in [0.717, 1.165) is 49.4 Å². The predicted molar refractivity (Wildman–Crippen MR) is 140 cm³/mol. The van der Waals surface area contributed by atoms with Crippen LogP contribution in [-0.4, -0.2) is 42.8 Å². The summed E-state index contributed by atoms with van der Waals surface area (Å²) in [7, 11) is 1.61. The minimum absolute atomic E-state index is 0.0603. The lowest BCUT2D eigenvalue weighted by atomic mass is 9.99. The largest absolute Gasteiger partial charge is 0.496 e. The highest BCUT2D eigenvalue weighted by atomic mass is 16.5. The number of benzene rings is 3. The summed E-state index contributed by atoms with van der Waals surface area (Å²) >= 11 is 0. The third-order valence-electron chi connectivity index (χ3n) is 7.47. The van der Waals surface area contributed by atoms with Crippen LogP contribution in [0.4, 0.5) is 0 Å². The van der Waals surface area contributed by atoms with Gasteiger partial charge in [-0.1, -0.05) is 48.5 Å². The Hall–Kier alpha value is -3.61. The second-order valence-electron chi connectivity index (χ2n) is 9.61. The molecule has 2 aliphatic heterocycles. The van der Waals surface area contributed by atoms with Gasteiger partial charge in [-0.05, 0) is 49.7 Å². The van der Waals surface area contributed by atoms with Gasteiger partial charge in [0.25, 0.3) is 0 Å². The van der Waals surface area contributed by atoms with Crippen molar-refractivity contribution in [1.29, 1.82) is 0 Å². The molecular weight excluding hydrogens is 452 g/mol. The lowest BCUT2D eigenvalue weighted by molar-refractivity contribution is 0.0244. The number of fused-ring (bicyclic) bond motifs is 3. The van der Waals surface area contributed by atoms with E-state index in [-0.39, 0.29) is 5.43 Å². The van der Waals surface area contributed by atoms with Crippen LogP contribution < -0.4 is 14.9 Å². The van der Waals surface area contributed by atoms with Crippen molar-refractivity contribution in [1.82, 2.24) is 9.80 Å². The first-order valence-electron chi connectivity index (χ1n) is 12.5. The number of hydrogen-bond donors (Lipinski definition) is 0. The van der Waals surface area contributed by atoms with E-state index in [1.807, 2.05) is 36.4 Å². The molecule has 0 spiro atoms. The summed E-state index contributed by atoms with van der Waals surface area (Å²) in [5.41, 5.74) is 4.10. The zero-order valence-electron chi connectivity index (χ0n) is 20.5. The molecule has 1 saturated heterocycles. The molecule has 3 heterocycles. The van der Waals surface area contributed by atoms with E-state index in [2.05, 4.69) is 40.1 Å². The van der Waals surface area contributed by atoms with Gasteiger partial charge in [0.1, 0.15) is 30.1 Å². The Morgan fingerprint density at radius 3 is 2.53 bits per heavy atom. The summed E-state index contributed by atoms with van der Waals surface area (Å²) in [4.78, 5) is 18.4. The quantitative estimate of drug-likeness (QED) is 0.386. The molecule has 6 rings (SSSR count). The van der Waals surface area contributed by atoms with E-state index in [1.54, 1.807) is 13.4 Å². The van der Waals surface area contributed by atoms with Crippen molar-refractivity contribution < 1.29 is 13.9 Å². The van der Waals surface area contributed by atoms with Gasteiger partial charge >= 0.3 is 0 Å². The normalized spacial score (nSPS) is 17.0. The molecule has 1 fully saturated rings. The van der Waals surface area contributed by atoms with Crippen molar-refractivity contribution >= 4 is 11.0 Å². The summed E-state index contributed by atoms with van der Waals surface area (Å²) in [6, 6.07) is 22.3. The van der Waals surface area contributed by atoms with Crippen molar-refractivity contribution in [2.24, 2.45) is 0 Å². The Bertz CT molecular complexity index is 1420. The summed E-state index contributed by atoms with van der Waals surface area (Å²) in [6.45, 7) is 4.40. The van der Waals surface area contributed by atoms with Crippen molar-refractivity contribution in [3.05, 3.63) is 94.3 Å². The van der Waals surface area contributed by atoms with Crippen molar-refractivity contribution in [3.63, 3.8) is 0 Å². The maximum atomic E-state index is 13.5. The van der Waals surface area contributed by atoms with E-state index in [0.29, 0.717) is 41.6 Å². The van der Waals surface area contributed by atoms with Gasteiger partial charge in [0.2, 0.25) is 5.43 Å². The molecule has 6 heteroatoms. The highest BCUT2D eigenvalue weighted by Crippen LogP contribution is 2.35. The van der Waals surface area contributed by atoms with Gasteiger partial charge in [-0.25, -0.2) is 0 Å². The summed E-state index contributed by atoms with van der Waals surface area (Å²) < 4.78 is 17.7. The van der Waals surface area contributed by atoms with E-state index < -0.39 is 0 Å². The van der Waals surface area contributed by atoms with Gasteiger partial charge in [0.15, 0.2) is 0 Å². The maximum Gasteiger partial charge on any atom is 0.200 e. The van der Waals surface area contributed by atoms with Crippen LogP contribution in [0.25, 0.3) is 22.1 Å². The van der Waals surface area contributed by atoms with E-state index in [1.165, 1.54) is 5.56 Å². The minimum atomic E-state index is -0.0603. The number of hydrogen-bond acceptors (Lipinski definition) is 6. The monoisotopic (exact) mass is 482 g/mol. The molecule has 2 aliphatic rings. The van der Waals surface area contributed by atoms with Gasteiger partial charge in [-0.15, -0.1) is 0 Å². The Morgan fingerprint density at radius 1 is 0.944 bits per heavy atom. The standard InChI is InChI=1S/C30H30N2O4/c1-34-27-10-6-5-9-23(27)26-19-35-30-24(29(26)33)11-12-28-25(30)18-32(20-36-28)22-13-15-31(16-14-22)17-21-7-3-2-4-8-21/h2-12,19,22H,13-18,20H2,1H3. The molecule has 0 N–H and O–H groups in total. The number of para-hydroxylation sites is 1. The minimum Gasteiger partial charge on any atom is -0.496 e. The first-order chi connectivity index (χ1) is 17.7. The average molecular weight is 483 g/mol. The predicted octanol–water partition coefficient (Wildman–Crippen LogP) is 5.29. The third-order valence-corrected chi connectivity index (χ3v) is 7.47. The highest BCUT2D eigenvalue weighted by Gasteiger charge is 2.30. The second kappa shape index (κ2) is 9.80. The molecule has 0 saturated carbocycles. The van der Waals surface area contributed by atoms with Gasteiger partial charge in [0.05, 0.1) is 23.6 Å². The number of methoxy groups -OCH3 is 1. The van der Waals surface area contributed by atoms with Crippen LogP contribution in [0.15, 0.2) is 82.2 Å². The Balaban J connectivity index is 1.22. The number of ether oxygens (including phenoxy) is 2. The number of nitrogens with zero attached hydrogens (tertiary/aromatic N) is 2. The fraction of sp³-hybridized carbons (Fsp3) is 0.300. The molecule has 0 atom stereocenters. The SMILES string of the molecule is COc1ccccc1-c1coc2c3c(ccc2c1=O)OCN(C1CCN(Cc2ccccc2)CC1)C3. The Morgan fingerprint density at radius 2 is 1.72 bits per heavy atom. The van der Waals surface area contributed by atoms with Gasteiger partial charge in [-0.3, -0.25) is 14.6 Å². The van der Waals surface area contributed by atoms with Crippen LogP contribution in [0.3, 0.4) is 0 Å². The molecule has 1 aromatic heterocycles. The number of piperidine rings is 1. The van der Waals surface area contributed by atoms with Crippen molar-refractivity contribution in [3.8, 4) is 22.6 Å². The van der Waals surface area contributed by atoms with Crippen LogP contribution in [0.2, 0.25) is 0 Å². The molecule has 0 aliphatic carbocycles. The number of likely N-dealkylation sites (tertiary alicyclic amines) is 1. The molecule has 0 radical (unpaired) electrons. The van der Waals surface area contributed by atoms with Crippen LogP contribution in [0.1, 0.15) is 24.0 Å². The Kier molecular flexibility index (Phi) is 6.21. The van der Waals surface area contributed by atoms with E-state index in [9.17, 15) is 4.79 Å². The fourth-order valence-electron chi connectivity index (χ4n) is 5.50. The lowest BCUT2D eigenvalue weighted by Gasteiger charge is -2.40. The number of rotatable bonds is 5. The molecule has 36 heavy (non-hydrogen) atoms. The molecule has 3 aromatic carbocycles. The molecular formula is C30H30N2O4. The lowest BCUT2D eigenvalue weighted by Crippen LogP contribution is -2.47. The van der Waals surface area contributed by atoms with Crippen molar-refractivity contribution in [2.45, 2.75) is 32.0 Å². The molecule has 0 unspecified atom stereocenters. The third kappa shape index (κ3) is 4.27. The molecule has 0 bridgehead atoms. The summed E-state index contributed by atoms with van der Waals surface area (Å²) in [5.74, 6) is 1.45. The first-order valence-corrected chi connectivity index (χ1v) is 12.5. The zero-order chi connectivity index (χ0) is 24.5. The van der Waals surface area contributed by atoms with E-state index >= 15 is 0 Å². The zero-order valence-corrected chi connectivity index (χ0v) is 20.5. The van der Waals surface area contributed by atoms with Crippen molar-refractivity contribution in [2.75, 3.05) is 26.9 Å². The van der Waals surface area contributed by atoms with Gasteiger partial charge < -0.3 is 13.9 Å². The topological polar surface area (TPSA) is 55.2 Å². The second-order valence-corrected chi connectivity index (χ2v) is 9.61. The molecule has 0 amide bonds. The Labute approximate surface area is 210 Å². The van der Waals surface area contributed by atoms with Crippen LogP contribution in [0, 0.1) is 0 Å². The van der Waals surface area contributed by atoms with Crippen LogP contribution >= 0.6 is 0 Å². The first kappa shape index (κ1) is 22.8.